The monoisotopic (exact) mass is 347 g/mol. The van der Waals surface area contributed by atoms with Crippen molar-refractivity contribution in [1.82, 2.24) is 9.80 Å². The largest absolute Gasteiger partial charge is 0.506 e. The van der Waals surface area contributed by atoms with Gasteiger partial charge in [-0.25, -0.2) is 0 Å². The number of aromatic hydroxyl groups is 1. The van der Waals surface area contributed by atoms with Gasteiger partial charge in [-0.1, -0.05) is 11.6 Å². The number of aliphatic hydroxyl groups is 1. The van der Waals surface area contributed by atoms with Crippen LogP contribution in [0.3, 0.4) is 0 Å². The van der Waals surface area contributed by atoms with Gasteiger partial charge in [-0.2, -0.15) is 0 Å². The molecule has 6 heteroatoms. The van der Waals surface area contributed by atoms with Gasteiger partial charge < -0.3 is 24.9 Å². The Morgan fingerprint density at radius 3 is 2.54 bits per heavy atom. The van der Waals surface area contributed by atoms with Gasteiger partial charge in [-0.05, 0) is 56.0 Å². The molecule has 128 valence electrons. The molecule has 0 spiro atoms. The van der Waals surface area contributed by atoms with Crippen molar-refractivity contribution < 1.29 is 10.2 Å². The molecule has 2 bridgehead atoms. The number of piperidine rings is 3. The van der Waals surface area contributed by atoms with Crippen LogP contribution in [0.25, 0.3) is 0 Å². The van der Waals surface area contributed by atoms with Gasteiger partial charge in [0, 0.05) is 31.2 Å². The SMILES string of the molecule is OC1=CN(c2ccc(O)c(Cl)c2)C=CN1CC1CN2CCC1CC2. The molecule has 0 saturated carbocycles. The predicted molar refractivity (Wildman–Crippen MR) is 94.8 cm³/mol. The highest BCUT2D eigenvalue weighted by molar-refractivity contribution is 6.32. The van der Waals surface area contributed by atoms with Crippen molar-refractivity contribution in [3.63, 3.8) is 0 Å². The molecule has 1 aromatic rings. The number of phenols is 1. The fourth-order valence-electron chi connectivity index (χ4n) is 3.99. The Hall–Kier alpha value is -1.85. The van der Waals surface area contributed by atoms with E-state index in [0.29, 0.717) is 10.9 Å². The summed E-state index contributed by atoms with van der Waals surface area (Å²) in [6, 6.07) is 4.99. The molecule has 0 aromatic heterocycles. The van der Waals surface area contributed by atoms with Gasteiger partial charge in [-0.15, -0.1) is 0 Å². The maximum atomic E-state index is 10.4. The molecule has 4 heterocycles. The van der Waals surface area contributed by atoms with Crippen molar-refractivity contribution in [2.45, 2.75) is 12.8 Å². The number of hydrogen-bond acceptors (Lipinski definition) is 5. The molecular formula is C18H22ClN3O2. The number of nitrogens with zero attached hydrogens (tertiary/aromatic N) is 3. The Balaban J connectivity index is 1.45. The van der Waals surface area contributed by atoms with Gasteiger partial charge in [0.2, 0.25) is 5.88 Å². The molecule has 5 rings (SSSR count). The quantitative estimate of drug-likeness (QED) is 0.878. The van der Waals surface area contributed by atoms with Crippen LogP contribution in [0.2, 0.25) is 5.02 Å². The number of benzene rings is 1. The summed E-state index contributed by atoms with van der Waals surface area (Å²) >= 11 is 5.96. The van der Waals surface area contributed by atoms with Gasteiger partial charge in [-0.3, -0.25) is 0 Å². The average molecular weight is 348 g/mol. The minimum atomic E-state index is 0.0542. The van der Waals surface area contributed by atoms with Gasteiger partial charge in [0.1, 0.15) is 5.75 Å². The van der Waals surface area contributed by atoms with Crippen molar-refractivity contribution in [2.24, 2.45) is 11.8 Å². The Morgan fingerprint density at radius 1 is 1.12 bits per heavy atom. The molecule has 2 N–H and O–H groups in total. The number of halogens is 1. The first-order valence-electron chi connectivity index (χ1n) is 8.45. The third-order valence-corrected chi connectivity index (χ3v) is 5.71. The maximum Gasteiger partial charge on any atom is 0.208 e. The topological polar surface area (TPSA) is 50.2 Å². The van der Waals surface area contributed by atoms with E-state index in [-0.39, 0.29) is 11.6 Å². The zero-order valence-corrected chi connectivity index (χ0v) is 14.2. The number of anilines is 1. The van der Waals surface area contributed by atoms with E-state index in [2.05, 4.69) is 4.90 Å². The van der Waals surface area contributed by atoms with Crippen LogP contribution in [0, 0.1) is 11.8 Å². The van der Waals surface area contributed by atoms with Crippen LogP contribution in [0.4, 0.5) is 5.69 Å². The van der Waals surface area contributed by atoms with Gasteiger partial charge in [0.15, 0.2) is 0 Å². The van der Waals surface area contributed by atoms with Gasteiger partial charge >= 0.3 is 0 Å². The second kappa shape index (κ2) is 6.22. The Labute approximate surface area is 147 Å². The summed E-state index contributed by atoms with van der Waals surface area (Å²) in [5.74, 6) is 1.68. The molecule has 1 atom stereocenters. The predicted octanol–water partition coefficient (Wildman–Crippen LogP) is 3.34. The van der Waals surface area contributed by atoms with Crippen molar-refractivity contribution in [2.75, 3.05) is 31.1 Å². The highest BCUT2D eigenvalue weighted by Gasteiger charge is 2.35. The molecule has 0 radical (unpaired) electrons. The summed E-state index contributed by atoms with van der Waals surface area (Å²) in [5, 5.41) is 20.2. The standard InChI is InChI=1S/C18H22ClN3O2/c19-16-9-15(1-2-17(16)23)21-7-8-22(18(24)12-21)11-14-10-20-5-3-13(14)4-6-20/h1-2,7-9,12-14,23-24H,3-6,10-11H2. The molecule has 1 unspecified atom stereocenters. The fraction of sp³-hybridized carbons (Fsp3) is 0.444. The molecule has 4 aliphatic heterocycles. The first kappa shape index (κ1) is 15.7. The van der Waals surface area contributed by atoms with E-state index in [9.17, 15) is 10.2 Å². The fourth-order valence-corrected chi connectivity index (χ4v) is 4.16. The van der Waals surface area contributed by atoms with E-state index in [1.54, 1.807) is 29.3 Å². The molecule has 24 heavy (non-hydrogen) atoms. The van der Waals surface area contributed by atoms with E-state index < -0.39 is 0 Å². The highest BCUT2D eigenvalue weighted by atomic mass is 35.5. The third-order valence-electron chi connectivity index (χ3n) is 5.41. The van der Waals surface area contributed by atoms with Crippen LogP contribution in [-0.4, -0.2) is 46.2 Å². The summed E-state index contributed by atoms with van der Waals surface area (Å²) in [7, 11) is 0. The second-order valence-corrected chi connectivity index (χ2v) is 7.29. The lowest BCUT2D eigenvalue weighted by Crippen LogP contribution is -2.50. The molecule has 4 aliphatic rings. The Bertz CT molecular complexity index is 683. The first-order valence-corrected chi connectivity index (χ1v) is 8.83. The smallest absolute Gasteiger partial charge is 0.208 e. The van der Waals surface area contributed by atoms with Crippen LogP contribution in [0.5, 0.6) is 5.75 Å². The Kier molecular flexibility index (Phi) is 4.06. The minimum Gasteiger partial charge on any atom is -0.506 e. The van der Waals surface area contributed by atoms with E-state index in [1.807, 2.05) is 17.3 Å². The lowest BCUT2D eigenvalue weighted by Gasteiger charge is -2.46. The number of fused-ring (bicyclic) bond motifs is 3. The van der Waals surface area contributed by atoms with E-state index in [0.717, 1.165) is 24.7 Å². The normalized spacial score (nSPS) is 29.0. The van der Waals surface area contributed by atoms with Crippen molar-refractivity contribution >= 4 is 17.3 Å². The summed E-state index contributed by atoms with van der Waals surface area (Å²) in [4.78, 5) is 6.25. The van der Waals surface area contributed by atoms with Gasteiger partial charge in [0.05, 0.1) is 11.2 Å². The second-order valence-electron chi connectivity index (χ2n) is 6.88. The summed E-state index contributed by atoms with van der Waals surface area (Å²) < 4.78 is 0. The third kappa shape index (κ3) is 2.94. The molecule has 1 aromatic carbocycles. The number of rotatable bonds is 3. The molecule has 3 saturated heterocycles. The summed E-state index contributed by atoms with van der Waals surface area (Å²) in [6.07, 6.45) is 8.07. The van der Waals surface area contributed by atoms with E-state index in [4.69, 9.17) is 11.6 Å². The zero-order chi connectivity index (χ0) is 16.7. The highest BCUT2D eigenvalue weighted by Crippen LogP contribution is 2.34. The number of aliphatic hydroxyl groups excluding tert-OH is 1. The average Bonchev–Trinajstić information content (AvgIpc) is 2.60. The van der Waals surface area contributed by atoms with E-state index >= 15 is 0 Å². The zero-order valence-electron chi connectivity index (χ0n) is 13.5. The van der Waals surface area contributed by atoms with Crippen molar-refractivity contribution in [3.05, 3.63) is 47.7 Å². The maximum absolute atomic E-state index is 10.4. The van der Waals surface area contributed by atoms with E-state index in [1.165, 1.54) is 25.9 Å². The van der Waals surface area contributed by atoms with Crippen LogP contribution in [0.1, 0.15) is 12.8 Å². The molecule has 0 amide bonds. The molecular weight excluding hydrogens is 326 g/mol. The van der Waals surface area contributed by atoms with Crippen molar-refractivity contribution in [3.8, 4) is 5.75 Å². The Morgan fingerprint density at radius 2 is 1.92 bits per heavy atom. The van der Waals surface area contributed by atoms with Crippen LogP contribution >= 0.6 is 11.6 Å². The number of hydrogen-bond donors (Lipinski definition) is 2. The van der Waals surface area contributed by atoms with Crippen LogP contribution < -0.4 is 4.90 Å². The van der Waals surface area contributed by atoms with Crippen molar-refractivity contribution in [1.29, 1.82) is 0 Å². The molecule has 3 fully saturated rings. The molecule has 0 aliphatic carbocycles. The van der Waals surface area contributed by atoms with Gasteiger partial charge in [0.25, 0.3) is 0 Å². The lowest BCUT2D eigenvalue weighted by atomic mass is 9.79. The number of phenolic OH excluding ortho intramolecular Hbond substituents is 1. The summed E-state index contributed by atoms with van der Waals surface area (Å²) in [6.45, 7) is 4.45. The first-order chi connectivity index (χ1) is 11.6. The summed E-state index contributed by atoms with van der Waals surface area (Å²) in [5.41, 5.74) is 0.795. The minimum absolute atomic E-state index is 0.0542. The van der Waals surface area contributed by atoms with Crippen LogP contribution in [-0.2, 0) is 0 Å². The lowest BCUT2D eigenvalue weighted by molar-refractivity contribution is 0.0354. The van der Waals surface area contributed by atoms with Crippen LogP contribution in [0.15, 0.2) is 42.7 Å². The molecule has 5 nitrogen and oxygen atoms in total.